The van der Waals surface area contributed by atoms with Crippen molar-refractivity contribution in [3.63, 3.8) is 0 Å². The first-order valence-corrected chi connectivity index (χ1v) is 9.95. The molecule has 1 fully saturated rings. The fourth-order valence-corrected chi connectivity index (χ4v) is 4.42. The zero-order valence-corrected chi connectivity index (χ0v) is 15.1. The summed E-state index contributed by atoms with van der Waals surface area (Å²) in [5.41, 5.74) is 1.92. The third-order valence-corrected chi connectivity index (χ3v) is 5.82. The first kappa shape index (κ1) is 17.5. The normalized spacial score (nSPS) is 18.7. The number of aryl methyl sites for hydroxylation is 1. The molecule has 0 saturated carbocycles. The summed E-state index contributed by atoms with van der Waals surface area (Å²) in [6.07, 6.45) is 0.592. The van der Waals surface area contributed by atoms with Crippen LogP contribution in [0.2, 0.25) is 0 Å². The van der Waals surface area contributed by atoms with E-state index in [2.05, 4.69) is 20.6 Å². The van der Waals surface area contributed by atoms with Crippen LogP contribution in [0, 0.1) is 6.92 Å². The van der Waals surface area contributed by atoms with E-state index in [-0.39, 0.29) is 17.5 Å². The number of nitrogens with one attached hydrogen (secondary N) is 2. The molecule has 7 nitrogen and oxygen atoms in total. The quantitative estimate of drug-likeness (QED) is 0.812. The van der Waals surface area contributed by atoms with Crippen LogP contribution in [-0.4, -0.2) is 43.0 Å². The van der Waals surface area contributed by atoms with Gasteiger partial charge in [0.1, 0.15) is 11.6 Å². The lowest BCUT2D eigenvalue weighted by Crippen LogP contribution is -2.22. The molecular weight excluding hydrogens is 340 g/mol. The van der Waals surface area contributed by atoms with Crippen molar-refractivity contribution in [2.45, 2.75) is 25.9 Å². The Bertz CT molecular complexity index is 837. The summed E-state index contributed by atoms with van der Waals surface area (Å²) in [7, 11) is -1.29. The van der Waals surface area contributed by atoms with Crippen molar-refractivity contribution < 1.29 is 13.2 Å². The van der Waals surface area contributed by atoms with Gasteiger partial charge < -0.3 is 15.4 Å². The lowest BCUT2D eigenvalue weighted by molar-refractivity contribution is 0.414. The van der Waals surface area contributed by atoms with E-state index in [4.69, 9.17) is 4.74 Å². The van der Waals surface area contributed by atoms with Crippen molar-refractivity contribution in [1.29, 1.82) is 0 Å². The van der Waals surface area contributed by atoms with Crippen molar-refractivity contribution in [3.05, 3.63) is 41.6 Å². The Morgan fingerprint density at radius 1 is 1.24 bits per heavy atom. The molecule has 1 unspecified atom stereocenters. The van der Waals surface area contributed by atoms with Gasteiger partial charge in [-0.15, -0.1) is 0 Å². The van der Waals surface area contributed by atoms with Crippen LogP contribution in [0.1, 0.15) is 17.7 Å². The summed E-state index contributed by atoms with van der Waals surface area (Å²) < 4.78 is 28.3. The zero-order chi connectivity index (χ0) is 17.9. The second-order valence-corrected chi connectivity index (χ2v) is 8.39. The van der Waals surface area contributed by atoms with Crippen LogP contribution in [0.3, 0.4) is 0 Å². The van der Waals surface area contributed by atoms with E-state index in [1.54, 1.807) is 7.11 Å². The molecule has 8 heteroatoms. The van der Waals surface area contributed by atoms with Gasteiger partial charge in [0.05, 0.1) is 18.6 Å². The molecule has 3 rings (SSSR count). The number of sulfone groups is 1. The number of rotatable bonds is 6. The Kier molecular flexibility index (Phi) is 5.08. The van der Waals surface area contributed by atoms with Crippen LogP contribution >= 0.6 is 0 Å². The van der Waals surface area contributed by atoms with E-state index >= 15 is 0 Å². The van der Waals surface area contributed by atoms with E-state index in [1.807, 2.05) is 37.3 Å². The molecule has 2 N–H and O–H groups in total. The number of hydrogen-bond donors (Lipinski definition) is 2. The molecule has 134 valence electrons. The number of aromatic nitrogens is 2. The van der Waals surface area contributed by atoms with Gasteiger partial charge in [-0.3, -0.25) is 0 Å². The highest BCUT2D eigenvalue weighted by Crippen LogP contribution is 2.18. The number of anilines is 2. The standard InChI is InChI=1S/C17H22N4O3S/c1-12-9-16(18-10-13-3-5-15(24-2)6-4-13)21-17(19-12)20-14-7-8-25(22,23)11-14/h3-6,9,14H,7-8,10-11H2,1-2H3,(H2,18,19,20,21). The van der Waals surface area contributed by atoms with Crippen LogP contribution < -0.4 is 15.4 Å². The number of nitrogens with zero attached hydrogens (tertiary/aromatic N) is 2. The summed E-state index contributed by atoms with van der Waals surface area (Å²) in [6, 6.07) is 9.54. The van der Waals surface area contributed by atoms with E-state index in [9.17, 15) is 8.42 Å². The lowest BCUT2D eigenvalue weighted by Gasteiger charge is -2.13. The maximum atomic E-state index is 11.6. The molecule has 1 aliphatic heterocycles. The monoisotopic (exact) mass is 362 g/mol. The average Bonchev–Trinajstić information content (AvgIpc) is 2.91. The fourth-order valence-electron chi connectivity index (χ4n) is 2.75. The Morgan fingerprint density at radius 3 is 2.64 bits per heavy atom. The molecule has 25 heavy (non-hydrogen) atoms. The molecule has 0 aliphatic carbocycles. The average molecular weight is 362 g/mol. The van der Waals surface area contributed by atoms with E-state index in [0.717, 1.165) is 17.0 Å². The van der Waals surface area contributed by atoms with E-state index in [0.29, 0.717) is 24.7 Å². The number of methoxy groups -OCH3 is 1. The van der Waals surface area contributed by atoms with Gasteiger partial charge in [-0.2, -0.15) is 4.98 Å². The Balaban J connectivity index is 1.64. The van der Waals surface area contributed by atoms with Gasteiger partial charge in [0, 0.05) is 24.3 Å². The number of hydrogen-bond acceptors (Lipinski definition) is 7. The second-order valence-electron chi connectivity index (χ2n) is 6.16. The summed E-state index contributed by atoms with van der Waals surface area (Å²) in [6.45, 7) is 2.51. The minimum Gasteiger partial charge on any atom is -0.497 e. The molecule has 0 bridgehead atoms. The van der Waals surface area contributed by atoms with E-state index in [1.165, 1.54) is 0 Å². The molecule has 1 saturated heterocycles. The molecule has 0 spiro atoms. The molecule has 1 atom stereocenters. The molecule has 2 heterocycles. The van der Waals surface area contributed by atoms with Crippen LogP contribution in [0.15, 0.2) is 30.3 Å². The second kappa shape index (κ2) is 7.26. The van der Waals surface area contributed by atoms with Gasteiger partial charge in [-0.25, -0.2) is 13.4 Å². The minimum absolute atomic E-state index is 0.124. The maximum Gasteiger partial charge on any atom is 0.225 e. The van der Waals surface area contributed by atoms with Gasteiger partial charge in [-0.05, 0) is 31.0 Å². The highest BCUT2D eigenvalue weighted by Gasteiger charge is 2.28. The predicted molar refractivity (Wildman–Crippen MR) is 97.8 cm³/mol. The van der Waals surface area contributed by atoms with Gasteiger partial charge >= 0.3 is 0 Å². The third-order valence-electron chi connectivity index (χ3n) is 4.05. The summed E-state index contributed by atoms with van der Waals surface area (Å²) in [5, 5.41) is 6.40. The molecule has 1 aromatic heterocycles. The van der Waals surface area contributed by atoms with E-state index < -0.39 is 9.84 Å². The smallest absolute Gasteiger partial charge is 0.225 e. The van der Waals surface area contributed by atoms with Crippen LogP contribution in [0.25, 0.3) is 0 Å². The largest absolute Gasteiger partial charge is 0.497 e. The van der Waals surface area contributed by atoms with Crippen molar-refractivity contribution >= 4 is 21.6 Å². The SMILES string of the molecule is COc1ccc(CNc2cc(C)nc(NC3CCS(=O)(=O)C3)n2)cc1. The fraction of sp³-hybridized carbons (Fsp3) is 0.412. The zero-order valence-electron chi connectivity index (χ0n) is 14.3. The molecule has 2 aromatic rings. The number of ether oxygens (including phenoxy) is 1. The van der Waals surface area contributed by atoms with Crippen LogP contribution in [0.5, 0.6) is 5.75 Å². The van der Waals surface area contributed by atoms with Gasteiger partial charge in [0.25, 0.3) is 0 Å². The van der Waals surface area contributed by atoms with Gasteiger partial charge in [-0.1, -0.05) is 12.1 Å². The Hall–Kier alpha value is -2.35. The highest BCUT2D eigenvalue weighted by molar-refractivity contribution is 7.91. The minimum atomic E-state index is -2.93. The summed E-state index contributed by atoms with van der Waals surface area (Å²) in [5.74, 6) is 2.34. The van der Waals surface area contributed by atoms with Gasteiger partial charge in [0.15, 0.2) is 9.84 Å². The van der Waals surface area contributed by atoms with Crippen molar-refractivity contribution in [1.82, 2.24) is 9.97 Å². The van der Waals surface area contributed by atoms with Crippen molar-refractivity contribution in [2.24, 2.45) is 0 Å². The lowest BCUT2D eigenvalue weighted by atomic mass is 10.2. The predicted octanol–water partition coefficient (Wildman–Crippen LogP) is 2.00. The van der Waals surface area contributed by atoms with Crippen LogP contribution in [-0.2, 0) is 16.4 Å². The first-order valence-electron chi connectivity index (χ1n) is 8.13. The highest BCUT2D eigenvalue weighted by atomic mass is 32.2. The summed E-state index contributed by atoms with van der Waals surface area (Å²) in [4.78, 5) is 8.79. The Labute approximate surface area is 147 Å². The molecule has 1 aromatic carbocycles. The molecular formula is C17H22N4O3S. The van der Waals surface area contributed by atoms with Crippen LogP contribution in [0.4, 0.5) is 11.8 Å². The Morgan fingerprint density at radius 2 is 2.00 bits per heavy atom. The third kappa shape index (κ3) is 4.82. The molecule has 0 amide bonds. The maximum absolute atomic E-state index is 11.6. The molecule has 1 aliphatic rings. The molecule has 0 radical (unpaired) electrons. The first-order chi connectivity index (χ1) is 11.9. The van der Waals surface area contributed by atoms with Crippen molar-refractivity contribution in [2.75, 3.05) is 29.2 Å². The van der Waals surface area contributed by atoms with Gasteiger partial charge in [0.2, 0.25) is 5.95 Å². The van der Waals surface area contributed by atoms with Crippen molar-refractivity contribution in [3.8, 4) is 5.75 Å². The topological polar surface area (TPSA) is 93.2 Å². The summed E-state index contributed by atoms with van der Waals surface area (Å²) >= 11 is 0. The number of benzene rings is 1.